The maximum Gasteiger partial charge on any atom is 0.411 e. The molecule has 4 nitrogen and oxygen atoms in total. The molecule has 1 N–H and O–H groups in total. The van der Waals surface area contributed by atoms with E-state index >= 15 is 0 Å². The number of imidazole rings is 1. The molecule has 122 valence electrons. The van der Waals surface area contributed by atoms with Gasteiger partial charge in [-0.1, -0.05) is 13.8 Å². The van der Waals surface area contributed by atoms with Gasteiger partial charge in [0.2, 0.25) is 0 Å². The van der Waals surface area contributed by atoms with Crippen molar-refractivity contribution in [1.82, 2.24) is 14.9 Å². The van der Waals surface area contributed by atoms with Gasteiger partial charge in [-0.05, 0) is 25.8 Å². The monoisotopic (exact) mass is 307 g/mol. The van der Waals surface area contributed by atoms with E-state index < -0.39 is 12.8 Å². The average Bonchev–Trinajstić information content (AvgIpc) is 2.85. The summed E-state index contributed by atoms with van der Waals surface area (Å²) >= 11 is 0. The van der Waals surface area contributed by atoms with E-state index in [0.29, 0.717) is 6.42 Å². The minimum atomic E-state index is -4.27. The SMILES string of the molecule is CCCNC(CCOCC(F)(F)F)c1nccn1CCC. The Balaban J connectivity index is 2.56. The van der Waals surface area contributed by atoms with Gasteiger partial charge >= 0.3 is 6.18 Å². The van der Waals surface area contributed by atoms with Crippen LogP contribution in [0.2, 0.25) is 0 Å². The average molecular weight is 307 g/mol. The van der Waals surface area contributed by atoms with Crippen LogP contribution >= 0.6 is 0 Å². The van der Waals surface area contributed by atoms with Crippen molar-refractivity contribution in [2.75, 3.05) is 19.8 Å². The predicted molar refractivity (Wildman–Crippen MR) is 75.0 cm³/mol. The van der Waals surface area contributed by atoms with Crippen molar-refractivity contribution in [3.05, 3.63) is 18.2 Å². The van der Waals surface area contributed by atoms with Crippen LogP contribution in [0.1, 0.15) is 45.0 Å². The van der Waals surface area contributed by atoms with Gasteiger partial charge in [-0.25, -0.2) is 4.98 Å². The largest absolute Gasteiger partial charge is 0.411 e. The zero-order valence-corrected chi connectivity index (χ0v) is 12.6. The van der Waals surface area contributed by atoms with Crippen molar-refractivity contribution in [1.29, 1.82) is 0 Å². The number of rotatable bonds is 10. The normalized spacial score (nSPS) is 13.6. The summed E-state index contributed by atoms with van der Waals surface area (Å²) < 4.78 is 42.9. The quantitative estimate of drug-likeness (QED) is 0.674. The number of nitrogens with zero attached hydrogens (tertiary/aromatic N) is 2. The third kappa shape index (κ3) is 6.95. The smallest absolute Gasteiger partial charge is 0.372 e. The molecule has 0 fully saturated rings. The first-order valence-electron chi connectivity index (χ1n) is 7.36. The van der Waals surface area contributed by atoms with Gasteiger partial charge in [0.25, 0.3) is 0 Å². The zero-order chi connectivity index (χ0) is 15.7. The van der Waals surface area contributed by atoms with Crippen LogP contribution in [0, 0.1) is 0 Å². The van der Waals surface area contributed by atoms with Crippen LogP contribution in [0.5, 0.6) is 0 Å². The topological polar surface area (TPSA) is 39.1 Å². The van der Waals surface area contributed by atoms with Crippen LogP contribution in [0.4, 0.5) is 13.2 Å². The summed E-state index contributed by atoms with van der Waals surface area (Å²) in [6, 6.07) is -0.0836. The van der Waals surface area contributed by atoms with Crippen molar-refractivity contribution >= 4 is 0 Å². The van der Waals surface area contributed by atoms with Crippen LogP contribution in [0.3, 0.4) is 0 Å². The van der Waals surface area contributed by atoms with Gasteiger partial charge in [0.05, 0.1) is 6.04 Å². The Labute approximate surface area is 123 Å². The lowest BCUT2D eigenvalue weighted by Crippen LogP contribution is -2.27. The van der Waals surface area contributed by atoms with E-state index in [4.69, 9.17) is 4.74 Å². The fraction of sp³-hybridized carbons (Fsp3) is 0.786. The highest BCUT2D eigenvalue weighted by Crippen LogP contribution is 2.18. The highest BCUT2D eigenvalue weighted by molar-refractivity contribution is 4.99. The first-order valence-corrected chi connectivity index (χ1v) is 7.36. The lowest BCUT2D eigenvalue weighted by molar-refractivity contribution is -0.174. The fourth-order valence-corrected chi connectivity index (χ4v) is 2.09. The van der Waals surface area contributed by atoms with Gasteiger partial charge in [-0.15, -0.1) is 0 Å². The van der Waals surface area contributed by atoms with Crippen LogP contribution in [-0.4, -0.2) is 35.5 Å². The van der Waals surface area contributed by atoms with Gasteiger partial charge in [-0.3, -0.25) is 0 Å². The van der Waals surface area contributed by atoms with Gasteiger partial charge in [0.1, 0.15) is 12.4 Å². The van der Waals surface area contributed by atoms with E-state index in [-0.39, 0.29) is 12.6 Å². The number of hydrogen-bond donors (Lipinski definition) is 1. The Kier molecular flexibility index (Phi) is 7.74. The Morgan fingerprint density at radius 1 is 1.33 bits per heavy atom. The minimum Gasteiger partial charge on any atom is -0.372 e. The van der Waals surface area contributed by atoms with E-state index in [9.17, 15) is 13.2 Å². The van der Waals surface area contributed by atoms with Crippen molar-refractivity contribution in [3.63, 3.8) is 0 Å². The molecular weight excluding hydrogens is 283 g/mol. The molecule has 0 radical (unpaired) electrons. The highest BCUT2D eigenvalue weighted by atomic mass is 19.4. The Bertz CT molecular complexity index is 393. The van der Waals surface area contributed by atoms with E-state index in [1.807, 2.05) is 17.7 Å². The number of alkyl halides is 3. The molecule has 1 aromatic heterocycles. The van der Waals surface area contributed by atoms with E-state index in [2.05, 4.69) is 17.2 Å². The second-order valence-electron chi connectivity index (χ2n) is 4.94. The molecule has 0 bridgehead atoms. The number of aryl methyl sites for hydroxylation is 1. The summed E-state index contributed by atoms with van der Waals surface area (Å²) in [6.45, 7) is 4.62. The third-order valence-electron chi connectivity index (χ3n) is 2.98. The van der Waals surface area contributed by atoms with Gasteiger partial charge < -0.3 is 14.6 Å². The lowest BCUT2D eigenvalue weighted by atomic mass is 10.2. The summed E-state index contributed by atoms with van der Waals surface area (Å²) in [6.07, 6.45) is 1.75. The Hall–Kier alpha value is -1.08. The molecule has 0 saturated heterocycles. The van der Waals surface area contributed by atoms with Crippen LogP contribution in [0.25, 0.3) is 0 Å². The fourth-order valence-electron chi connectivity index (χ4n) is 2.09. The molecule has 1 aromatic rings. The van der Waals surface area contributed by atoms with Gasteiger partial charge in [0, 0.05) is 25.5 Å². The first kappa shape index (κ1) is 18.0. The summed E-state index contributed by atoms with van der Waals surface area (Å²) in [5.41, 5.74) is 0. The van der Waals surface area contributed by atoms with Crippen LogP contribution in [0.15, 0.2) is 12.4 Å². The number of hydrogen-bond acceptors (Lipinski definition) is 3. The molecule has 7 heteroatoms. The minimum absolute atomic E-state index is 0.0554. The van der Waals surface area contributed by atoms with Crippen molar-refractivity contribution in [2.24, 2.45) is 0 Å². The molecule has 0 aliphatic rings. The van der Waals surface area contributed by atoms with Crippen molar-refractivity contribution in [3.8, 4) is 0 Å². The molecule has 21 heavy (non-hydrogen) atoms. The maximum absolute atomic E-state index is 12.1. The number of nitrogens with one attached hydrogen (secondary N) is 1. The Morgan fingerprint density at radius 2 is 2.10 bits per heavy atom. The Morgan fingerprint density at radius 3 is 2.71 bits per heavy atom. The van der Waals surface area contributed by atoms with Crippen molar-refractivity contribution < 1.29 is 17.9 Å². The molecule has 1 heterocycles. The number of aromatic nitrogens is 2. The zero-order valence-electron chi connectivity index (χ0n) is 12.6. The number of halogens is 3. The van der Waals surface area contributed by atoms with Gasteiger partial charge in [-0.2, -0.15) is 13.2 Å². The molecule has 0 spiro atoms. The molecule has 0 aromatic carbocycles. The summed E-state index contributed by atoms with van der Waals surface area (Å²) in [4.78, 5) is 4.34. The second kappa shape index (κ2) is 9.04. The molecular formula is C14H24F3N3O. The molecule has 0 aliphatic carbocycles. The van der Waals surface area contributed by atoms with Crippen LogP contribution < -0.4 is 5.32 Å². The predicted octanol–water partition coefficient (Wildman–Crippen LogP) is 3.30. The lowest BCUT2D eigenvalue weighted by Gasteiger charge is -2.19. The highest BCUT2D eigenvalue weighted by Gasteiger charge is 2.27. The van der Waals surface area contributed by atoms with E-state index in [1.54, 1.807) is 6.20 Å². The number of ether oxygens (including phenoxy) is 1. The summed E-state index contributed by atoms with van der Waals surface area (Å²) in [5, 5.41) is 3.32. The molecule has 0 saturated carbocycles. The van der Waals surface area contributed by atoms with Crippen LogP contribution in [-0.2, 0) is 11.3 Å². The third-order valence-corrected chi connectivity index (χ3v) is 2.98. The molecule has 0 amide bonds. The summed E-state index contributed by atoms with van der Waals surface area (Å²) in [5.74, 6) is 0.862. The van der Waals surface area contributed by atoms with Gasteiger partial charge in [0.15, 0.2) is 0 Å². The molecule has 1 atom stereocenters. The second-order valence-corrected chi connectivity index (χ2v) is 4.94. The van der Waals surface area contributed by atoms with Crippen molar-refractivity contribution in [2.45, 2.75) is 51.9 Å². The maximum atomic E-state index is 12.1. The molecule has 1 unspecified atom stereocenters. The van der Waals surface area contributed by atoms with E-state index in [1.165, 1.54) is 0 Å². The standard InChI is InChI=1S/C14H24F3N3O/c1-3-6-18-12(5-10-21-11-14(15,16)17)13-19-7-9-20(13)8-4-2/h7,9,12,18H,3-6,8,10-11H2,1-2H3. The van der Waals surface area contributed by atoms with E-state index in [0.717, 1.165) is 31.8 Å². The summed E-state index contributed by atoms with van der Waals surface area (Å²) in [7, 11) is 0. The first-order chi connectivity index (χ1) is 9.98. The molecule has 0 aliphatic heterocycles. The molecule has 1 rings (SSSR count).